The molecule has 0 amide bonds. The third-order valence-electron chi connectivity index (χ3n) is 3.21. The molecule has 0 saturated carbocycles. The van der Waals surface area contributed by atoms with Crippen LogP contribution in [0.3, 0.4) is 0 Å². The highest BCUT2D eigenvalue weighted by Crippen LogP contribution is 2.23. The van der Waals surface area contributed by atoms with Crippen LogP contribution < -0.4 is 4.74 Å². The lowest BCUT2D eigenvalue weighted by molar-refractivity contribution is 0.224. The van der Waals surface area contributed by atoms with Crippen molar-refractivity contribution in [1.82, 2.24) is 9.55 Å². The summed E-state index contributed by atoms with van der Waals surface area (Å²) in [7, 11) is 0. The zero-order chi connectivity index (χ0) is 15.3. The Morgan fingerprint density at radius 3 is 2.67 bits per heavy atom. The Hall–Kier alpha value is -2.01. The van der Waals surface area contributed by atoms with Crippen LogP contribution in [-0.2, 0) is 6.54 Å². The molecule has 0 aliphatic heterocycles. The number of halogens is 1. The van der Waals surface area contributed by atoms with Crippen molar-refractivity contribution in [2.45, 2.75) is 20.4 Å². The van der Waals surface area contributed by atoms with Crippen molar-refractivity contribution >= 4 is 17.3 Å². The summed E-state index contributed by atoms with van der Waals surface area (Å²) in [6, 6.07) is 7.17. The quantitative estimate of drug-likeness (QED) is 0.505. The molecule has 0 radical (unpaired) electrons. The van der Waals surface area contributed by atoms with Crippen LogP contribution >= 0.6 is 11.6 Å². The monoisotopic (exact) mass is 307 g/mol. The molecule has 0 aliphatic rings. The van der Waals surface area contributed by atoms with Crippen LogP contribution in [0.15, 0.2) is 48.1 Å². The third-order valence-corrected chi connectivity index (χ3v) is 3.46. The van der Waals surface area contributed by atoms with E-state index in [1.54, 1.807) is 24.7 Å². The van der Waals surface area contributed by atoms with Gasteiger partial charge in [0.1, 0.15) is 5.75 Å². The molecule has 0 spiro atoms. The Balaban J connectivity index is 2.00. The first-order valence-corrected chi connectivity index (χ1v) is 6.94. The van der Waals surface area contributed by atoms with Crippen molar-refractivity contribution in [2.75, 3.05) is 6.61 Å². The van der Waals surface area contributed by atoms with E-state index < -0.39 is 5.41 Å². The van der Waals surface area contributed by atoms with Crippen molar-refractivity contribution in [3.63, 3.8) is 0 Å². The molecule has 1 heterocycles. The second-order valence-electron chi connectivity index (χ2n) is 5.41. The second-order valence-corrected chi connectivity index (χ2v) is 5.84. The molecule has 1 N–H and O–H groups in total. The van der Waals surface area contributed by atoms with Gasteiger partial charge in [-0.05, 0) is 24.3 Å². The van der Waals surface area contributed by atoms with E-state index in [-0.39, 0.29) is 0 Å². The van der Waals surface area contributed by atoms with E-state index in [1.165, 1.54) is 0 Å². The fourth-order valence-corrected chi connectivity index (χ4v) is 1.94. The Morgan fingerprint density at radius 1 is 1.38 bits per heavy atom. The van der Waals surface area contributed by atoms with Crippen molar-refractivity contribution in [2.24, 2.45) is 10.6 Å². The van der Waals surface area contributed by atoms with E-state index >= 15 is 0 Å². The van der Waals surface area contributed by atoms with E-state index in [0.29, 0.717) is 23.9 Å². The molecule has 1 aromatic carbocycles. The predicted molar refractivity (Wildman–Crippen MR) is 82.2 cm³/mol. The minimum atomic E-state index is -0.418. The molecule has 0 aliphatic carbocycles. The smallest absolute Gasteiger partial charge is 0.119 e. The first-order chi connectivity index (χ1) is 10.0. The number of ether oxygens (including phenoxy) is 1. The molecule has 112 valence electrons. The first kappa shape index (κ1) is 15.4. The SMILES string of the molecule is CC(C)(COc1ccc(Cl)cc1)C(Cn1ccnc1)=NO. The average molecular weight is 308 g/mol. The largest absolute Gasteiger partial charge is 0.493 e. The van der Waals surface area contributed by atoms with Crippen molar-refractivity contribution < 1.29 is 9.94 Å². The van der Waals surface area contributed by atoms with Crippen LogP contribution in [0, 0.1) is 5.41 Å². The molecule has 1 aromatic heterocycles. The Morgan fingerprint density at radius 2 is 2.10 bits per heavy atom. The van der Waals surface area contributed by atoms with Gasteiger partial charge in [-0.3, -0.25) is 0 Å². The Bertz CT molecular complexity index is 592. The summed E-state index contributed by atoms with van der Waals surface area (Å²) in [5, 5.41) is 13.4. The lowest BCUT2D eigenvalue weighted by atomic mass is 9.88. The van der Waals surface area contributed by atoms with Crippen LogP contribution in [0.1, 0.15) is 13.8 Å². The van der Waals surface area contributed by atoms with Crippen LogP contribution in [0.4, 0.5) is 0 Å². The van der Waals surface area contributed by atoms with Crippen molar-refractivity contribution in [3.8, 4) is 5.75 Å². The van der Waals surface area contributed by atoms with Crippen LogP contribution in [0.25, 0.3) is 0 Å². The molecular formula is C15H18ClN3O2. The zero-order valence-corrected chi connectivity index (χ0v) is 12.8. The van der Waals surface area contributed by atoms with Gasteiger partial charge in [0.15, 0.2) is 0 Å². The van der Waals surface area contributed by atoms with Crippen LogP contribution in [0.2, 0.25) is 5.02 Å². The maximum absolute atomic E-state index is 9.28. The summed E-state index contributed by atoms with van der Waals surface area (Å²) in [4.78, 5) is 3.98. The minimum absolute atomic E-state index is 0.392. The lowest BCUT2D eigenvalue weighted by Crippen LogP contribution is -2.34. The van der Waals surface area contributed by atoms with Crippen LogP contribution in [0.5, 0.6) is 5.75 Å². The number of oxime groups is 1. The molecule has 0 unspecified atom stereocenters. The number of hydrogen-bond donors (Lipinski definition) is 1. The first-order valence-electron chi connectivity index (χ1n) is 6.57. The maximum atomic E-state index is 9.28. The summed E-state index contributed by atoms with van der Waals surface area (Å²) < 4.78 is 7.60. The molecule has 0 saturated heterocycles. The highest BCUT2D eigenvalue weighted by molar-refractivity contribution is 6.30. The number of aromatic nitrogens is 2. The fourth-order valence-electron chi connectivity index (χ4n) is 1.81. The van der Waals surface area contributed by atoms with Gasteiger partial charge in [-0.15, -0.1) is 0 Å². The fraction of sp³-hybridized carbons (Fsp3) is 0.333. The van der Waals surface area contributed by atoms with E-state index in [9.17, 15) is 5.21 Å². The van der Waals surface area contributed by atoms with E-state index in [1.807, 2.05) is 36.7 Å². The van der Waals surface area contributed by atoms with Crippen molar-refractivity contribution in [3.05, 3.63) is 48.0 Å². The summed E-state index contributed by atoms with van der Waals surface area (Å²) in [6.45, 7) is 4.79. The number of rotatable bonds is 6. The van der Waals surface area contributed by atoms with Gasteiger partial charge in [0.2, 0.25) is 0 Å². The molecule has 0 bridgehead atoms. The van der Waals surface area contributed by atoms with E-state index in [2.05, 4.69) is 10.1 Å². The number of nitrogens with zero attached hydrogens (tertiary/aromatic N) is 3. The van der Waals surface area contributed by atoms with E-state index in [4.69, 9.17) is 16.3 Å². The molecular weight excluding hydrogens is 290 g/mol. The molecule has 0 atom stereocenters. The predicted octanol–water partition coefficient (Wildman–Crippen LogP) is 3.47. The zero-order valence-electron chi connectivity index (χ0n) is 12.0. The normalized spacial score (nSPS) is 12.4. The lowest BCUT2D eigenvalue weighted by Gasteiger charge is -2.26. The highest BCUT2D eigenvalue weighted by Gasteiger charge is 2.27. The summed E-state index contributed by atoms with van der Waals surface area (Å²) in [5.41, 5.74) is 0.202. The van der Waals surface area contributed by atoms with Gasteiger partial charge >= 0.3 is 0 Å². The number of imidazole rings is 1. The standard InChI is InChI=1S/C15H18ClN3O2/c1-15(2,10-21-13-5-3-12(16)4-6-13)14(18-20)9-19-8-7-17-11-19/h3-8,11,20H,9-10H2,1-2H3. The topological polar surface area (TPSA) is 59.6 Å². The number of benzene rings is 1. The van der Waals surface area contributed by atoms with Crippen molar-refractivity contribution in [1.29, 1.82) is 0 Å². The minimum Gasteiger partial charge on any atom is -0.493 e. The maximum Gasteiger partial charge on any atom is 0.119 e. The molecule has 0 fully saturated rings. The Kier molecular flexibility index (Phi) is 4.85. The molecule has 21 heavy (non-hydrogen) atoms. The van der Waals surface area contributed by atoms with Gasteiger partial charge < -0.3 is 14.5 Å². The summed E-state index contributed by atoms with van der Waals surface area (Å²) >= 11 is 5.84. The van der Waals surface area contributed by atoms with Gasteiger partial charge in [-0.25, -0.2) is 4.98 Å². The summed E-state index contributed by atoms with van der Waals surface area (Å²) in [6.07, 6.45) is 5.19. The number of hydrogen-bond acceptors (Lipinski definition) is 4. The van der Waals surface area contributed by atoms with Gasteiger partial charge in [0.05, 0.1) is 25.2 Å². The van der Waals surface area contributed by atoms with Gasteiger partial charge in [0, 0.05) is 22.8 Å². The average Bonchev–Trinajstić information content (AvgIpc) is 2.97. The van der Waals surface area contributed by atoms with Gasteiger partial charge in [-0.1, -0.05) is 30.6 Å². The molecule has 2 aromatic rings. The van der Waals surface area contributed by atoms with Crippen LogP contribution in [-0.4, -0.2) is 27.1 Å². The van der Waals surface area contributed by atoms with Gasteiger partial charge in [0.25, 0.3) is 0 Å². The highest BCUT2D eigenvalue weighted by atomic mass is 35.5. The second kappa shape index (κ2) is 6.63. The Labute approximate surface area is 128 Å². The van der Waals surface area contributed by atoms with E-state index in [0.717, 1.165) is 5.75 Å². The molecule has 2 rings (SSSR count). The third kappa shape index (κ3) is 4.23. The molecule has 6 heteroatoms. The van der Waals surface area contributed by atoms with Gasteiger partial charge in [-0.2, -0.15) is 0 Å². The molecule has 5 nitrogen and oxygen atoms in total. The summed E-state index contributed by atoms with van der Waals surface area (Å²) in [5.74, 6) is 0.729.